The maximum Gasteiger partial charge on any atom is 0.284 e. The summed E-state index contributed by atoms with van der Waals surface area (Å²) >= 11 is 0. The van der Waals surface area contributed by atoms with Crippen LogP contribution < -0.4 is 11.4 Å². The lowest BCUT2D eigenvalue weighted by Gasteiger charge is -1.83. The highest BCUT2D eigenvalue weighted by molar-refractivity contribution is 6.30. The number of hydrogen-bond donors (Lipinski definition) is 1. The Balaban J connectivity index is 2.98. The van der Waals surface area contributed by atoms with Gasteiger partial charge in [0.2, 0.25) is 0 Å². The van der Waals surface area contributed by atoms with Crippen molar-refractivity contribution in [2.45, 2.75) is 0 Å². The van der Waals surface area contributed by atoms with Gasteiger partial charge in [0.05, 0.1) is 0 Å². The summed E-state index contributed by atoms with van der Waals surface area (Å²) in [7, 11) is 5.14. The van der Waals surface area contributed by atoms with E-state index in [0.717, 1.165) is 0 Å². The molecule has 0 unspecified atom stereocenters. The van der Waals surface area contributed by atoms with Crippen LogP contribution in [0.1, 0.15) is 10.6 Å². The molecule has 1 heterocycles. The first kappa shape index (κ1) is 5.94. The third kappa shape index (κ3) is 1.13. The van der Waals surface area contributed by atoms with Gasteiger partial charge in [0, 0.05) is 5.66 Å². The maximum atomic E-state index is 10.3. The second-order valence-electron chi connectivity index (χ2n) is 1.57. The molecule has 0 aromatic carbocycles. The summed E-state index contributed by atoms with van der Waals surface area (Å²) in [5, 5.41) is 0. The summed E-state index contributed by atoms with van der Waals surface area (Å²) in [6, 6.07) is 2.90. The molecule has 1 rings (SSSR count). The smallest absolute Gasteiger partial charge is 0.284 e. The summed E-state index contributed by atoms with van der Waals surface area (Å²) in [4.78, 5) is 10.3. The number of furan rings is 1. The minimum absolute atomic E-state index is 0.0903. The van der Waals surface area contributed by atoms with Crippen LogP contribution in [0, 0.1) is 0 Å². The van der Waals surface area contributed by atoms with Gasteiger partial charge in [0.15, 0.2) is 13.6 Å². The zero-order valence-corrected chi connectivity index (χ0v) is 4.63. The molecule has 0 spiro atoms. The Hall–Kier alpha value is -1.19. The van der Waals surface area contributed by atoms with Crippen LogP contribution in [-0.2, 0) is 0 Å². The zero-order valence-electron chi connectivity index (χ0n) is 4.63. The van der Waals surface area contributed by atoms with Gasteiger partial charge in [0.1, 0.15) is 0 Å². The molecule has 2 radical (unpaired) electrons. The first-order valence-corrected chi connectivity index (χ1v) is 2.35. The van der Waals surface area contributed by atoms with Gasteiger partial charge < -0.3 is 10.2 Å². The molecule has 4 heteroatoms. The molecule has 3 nitrogen and oxygen atoms in total. The molecular formula is C5H4BNO2. The predicted molar refractivity (Wildman–Crippen MR) is 32.6 cm³/mol. The minimum atomic E-state index is -0.605. The highest BCUT2D eigenvalue weighted by Gasteiger charge is 2.02. The summed E-state index contributed by atoms with van der Waals surface area (Å²) in [6.45, 7) is 0. The van der Waals surface area contributed by atoms with E-state index in [1.165, 1.54) is 12.1 Å². The molecule has 0 aliphatic heterocycles. The summed E-state index contributed by atoms with van der Waals surface area (Å²) in [5.41, 5.74) is 5.04. The summed E-state index contributed by atoms with van der Waals surface area (Å²) in [6.07, 6.45) is 0. The molecule has 0 saturated heterocycles. The molecule has 0 aliphatic carbocycles. The lowest BCUT2D eigenvalue weighted by molar-refractivity contribution is 0.0975. The van der Waals surface area contributed by atoms with Gasteiger partial charge in [0.25, 0.3) is 5.91 Å². The summed E-state index contributed by atoms with van der Waals surface area (Å²) < 4.78 is 4.65. The van der Waals surface area contributed by atoms with Crippen LogP contribution in [0.2, 0.25) is 0 Å². The van der Waals surface area contributed by atoms with Crippen molar-refractivity contribution >= 4 is 19.4 Å². The fraction of sp³-hybridized carbons (Fsp3) is 0. The van der Waals surface area contributed by atoms with E-state index in [-0.39, 0.29) is 11.4 Å². The monoisotopic (exact) mass is 121 g/mol. The largest absolute Gasteiger partial charge is 0.468 e. The Labute approximate surface area is 53.2 Å². The normalized spacial score (nSPS) is 9.33. The van der Waals surface area contributed by atoms with Crippen molar-refractivity contribution in [3.05, 3.63) is 17.9 Å². The van der Waals surface area contributed by atoms with Crippen LogP contribution in [0.3, 0.4) is 0 Å². The van der Waals surface area contributed by atoms with Crippen LogP contribution in [-0.4, -0.2) is 13.8 Å². The first-order valence-electron chi connectivity index (χ1n) is 2.35. The number of nitrogens with two attached hydrogens (primary N) is 1. The third-order valence-electron chi connectivity index (χ3n) is 0.870. The van der Waals surface area contributed by atoms with Crippen LogP contribution in [0.5, 0.6) is 0 Å². The number of carbonyl (C=O) groups is 1. The molecule has 1 aromatic heterocycles. The van der Waals surface area contributed by atoms with E-state index < -0.39 is 5.91 Å². The fourth-order valence-corrected chi connectivity index (χ4v) is 0.485. The number of hydrogen-bond acceptors (Lipinski definition) is 2. The predicted octanol–water partition coefficient (Wildman–Crippen LogP) is -0.828. The quantitative estimate of drug-likeness (QED) is 0.493. The standard InChI is InChI=1S/C5H4BNO2/c6-4-2-1-3(9-4)5(7)8/h1-2H,(H2,7,8). The average molecular weight is 121 g/mol. The summed E-state index contributed by atoms with van der Waals surface area (Å²) in [5.74, 6) is -0.515. The Kier molecular flexibility index (Phi) is 1.30. The highest BCUT2D eigenvalue weighted by atomic mass is 16.3. The van der Waals surface area contributed by atoms with E-state index in [9.17, 15) is 4.79 Å². The molecule has 0 atom stereocenters. The highest BCUT2D eigenvalue weighted by Crippen LogP contribution is 1.93. The number of carbonyl (C=O) groups excluding carboxylic acids is 1. The van der Waals surface area contributed by atoms with E-state index in [2.05, 4.69) is 4.42 Å². The number of amides is 1. The molecular weight excluding hydrogens is 117 g/mol. The van der Waals surface area contributed by atoms with Crippen LogP contribution in [0.4, 0.5) is 0 Å². The van der Waals surface area contributed by atoms with E-state index in [4.69, 9.17) is 13.6 Å². The Bertz CT molecular complexity index is 231. The van der Waals surface area contributed by atoms with Gasteiger partial charge in [-0.1, -0.05) is 0 Å². The van der Waals surface area contributed by atoms with Gasteiger partial charge >= 0.3 is 0 Å². The Morgan fingerprint density at radius 3 is 2.56 bits per heavy atom. The van der Waals surface area contributed by atoms with Gasteiger partial charge in [-0.15, -0.1) is 0 Å². The van der Waals surface area contributed by atoms with E-state index in [1.807, 2.05) is 0 Å². The lowest BCUT2D eigenvalue weighted by atomic mass is 10.1. The zero-order chi connectivity index (χ0) is 6.85. The van der Waals surface area contributed by atoms with E-state index >= 15 is 0 Å². The second kappa shape index (κ2) is 1.97. The minimum Gasteiger partial charge on any atom is -0.468 e. The van der Waals surface area contributed by atoms with Gasteiger partial charge in [-0.05, 0) is 12.1 Å². The second-order valence-corrected chi connectivity index (χ2v) is 1.57. The van der Waals surface area contributed by atoms with E-state index in [1.54, 1.807) is 0 Å². The molecule has 1 aromatic rings. The molecule has 0 fully saturated rings. The third-order valence-corrected chi connectivity index (χ3v) is 0.870. The maximum absolute atomic E-state index is 10.3. The molecule has 2 N–H and O–H groups in total. The molecule has 1 amide bonds. The van der Waals surface area contributed by atoms with Crippen molar-refractivity contribution in [2.24, 2.45) is 5.73 Å². The Morgan fingerprint density at radius 2 is 2.33 bits per heavy atom. The SMILES string of the molecule is [B]c1ccc(C(N)=O)o1. The van der Waals surface area contributed by atoms with E-state index in [0.29, 0.717) is 0 Å². The van der Waals surface area contributed by atoms with Crippen LogP contribution in [0.15, 0.2) is 16.5 Å². The molecule has 0 aliphatic rings. The lowest BCUT2D eigenvalue weighted by Crippen LogP contribution is -2.10. The van der Waals surface area contributed by atoms with Crippen molar-refractivity contribution < 1.29 is 9.21 Å². The molecule has 0 bridgehead atoms. The fourth-order valence-electron chi connectivity index (χ4n) is 0.485. The van der Waals surface area contributed by atoms with Crippen molar-refractivity contribution in [1.82, 2.24) is 0 Å². The average Bonchev–Trinajstić information content (AvgIpc) is 2.14. The molecule has 9 heavy (non-hydrogen) atoms. The van der Waals surface area contributed by atoms with Gasteiger partial charge in [-0.2, -0.15) is 0 Å². The van der Waals surface area contributed by atoms with Crippen molar-refractivity contribution in [1.29, 1.82) is 0 Å². The van der Waals surface area contributed by atoms with Crippen molar-refractivity contribution in [3.8, 4) is 0 Å². The molecule has 0 saturated carbocycles. The van der Waals surface area contributed by atoms with Crippen molar-refractivity contribution in [3.63, 3.8) is 0 Å². The van der Waals surface area contributed by atoms with Crippen LogP contribution in [0.25, 0.3) is 0 Å². The van der Waals surface area contributed by atoms with Gasteiger partial charge in [-0.25, -0.2) is 0 Å². The first-order chi connectivity index (χ1) is 4.20. The van der Waals surface area contributed by atoms with Crippen LogP contribution >= 0.6 is 0 Å². The molecule has 44 valence electrons. The number of rotatable bonds is 1. The van der Waals surface area contributed by atoms with Crippen molar-refractivity contribution in [2.75, 3.05) is 0 Å². The number of primary amides is 1. The Morgan fingerprint density at radius 1 is 1.67 bits per heavy atom. The van der Waals surface area contributed by atoms with Gasteiger partial charge in [-0.3, -0.25) is 4.79 Å². The topological polar surface area (TPSA) is 56.2 Å².